The molecule has 0 aromatic rings. The quantitative estimate of drug-likeness (QED) is 0.564. The standard InChI is InChI=1S/C14H29N3O2S/c1-3-15-9-4-10-17(2)20(18,19)16-11-14(12-5-6-12)13-7-8-13/h12-16H,3-11H2,1-2H3. The summed E-state index contributed by atoms with van der Waals surface area (Å²) in [6.07, 6.45) is 6.02. The first kappa shape index (κ1) is 16.2. The third-order valence-electron chi connectivity index (χ3n) is 4.44. The van der Waals surface area contributed by atoms with Gasteiger partial charge in [-0.3, -0.25) is 0 Å². The van der Waals surface area contributed by atoms with Crippen molar-refractivity contribution in [3.63, 3.8) is 0 Å². The molecule has 118 valence electrons. The fourth-order valence-corrected chi connectivity index (χ4v) is 3.80. The van der Waals surface area contributed by atoms with Crippen LogP contribution >= 0.6 is 0 Å². The summed E-state index contributed by atoms with van der Waals surface area (Å²) in [5, 5.41) is 3.21. The van der Waals surface area contributed by atoms with Crippen LogP contribution in [-0.2, 0) is 10.2 Å². The molecule has 20 heavy (non-hydrogen) atoms. The van der Waals surface area contributed by atoms with Gasteiger partial charge in [0, 0.05) is 20.1 Å². The van der Waals surface area contributed by atoms with Crippen LogP contribution in [0.3, 0.4) is 0 Å². The lowest BCUT2D eigenvalue weighted by atomic mass is 9.99. The molecular formula is C14H29N3O2S. The Labute approximate surface area is 123 Å². The molecule has 2 fully saturated rings. The largest absolute Gasteiger partial charge is 0.317 e. The minimum Gasteiger partial charge on any atom is -0.317 e. The van der Waals surface area contributed by atoms with E-state index in [9.17, 15) is 8.42 Å². The summed E-state index contributed by atoms with van der Waals surface area (Å²) >= 11 is 0. The van der Waals surface area contributed by atoms with E-state index in [0.29, 0.717) is 19.0 Å². The first-order valence-corrected chi connectivity index (χ1v) is 9.40. The molecule has 0 aromatic heterocycles. The van der Waals surface area contributed by atoms with E-state index in [2.05, 4.69) is 17.0 Å². The highest BCUT2D eigenvalue weighted by atomic mass is 32.2. The molecule has 0 radical (unpaired) electrons. The van der Waals surface area contributed by atoms with Crippen LogP contribution in [0.4, 0.5) is 0 Å². The van der Waals surface area contributed by atoms with Gasteiger partial charge in [0.2, 0.25) is 0 Å². The van der Waals surface area contributed by atoms with E-state index in [4.69, 9.17) is 0 Å². The zero-order valence-electron chi connectivity index (χ0n) is 12.8. The van der Waals surface area contributed by atoms with Crippen molar-refractivity contribution in [2.75, 3.05) is 33.2 Å². The molecule has 2 aliphatic rings. The molecule has 0 aliphatic heterocycles. The summed E-state index contributed by atoms with van der Waals surface area (Å²) in [6, 6.07) is 0. The van der Waals surface area contributed by atoms with Gasteiger partial charge in [-0.05, 0) is 62.9 Å². The Bertz CT molecular complexity index is 379. The van der Waals surface area contributed by atoms with E-state index >= 15 is 0 Å². The molecule has 2 N–H and O–H groups in total. The van der Waals surface area contributed by atoms with Gasteiger partial charge < -0.3 is 5.32 Å². The Morgan fingerprint density at radius 3 is 2.30 bits per heavy atom. The predicted molar refractivity (Wildman–Crippen MR) is 81.7 cm³/mol. The third kappa shape index (κ3) is 4.98. The number of hydrogen-bond acceptors (Lipinski definition) is 3. The van der Waals surface area contributed by atoms with Crippen molar-refractivity contribution >= 4 is 10.2 Å². The summed E-state index contributed by atoms with van der Waals surface area (Å²) in [5.74, 6) is 2.15. The molecule has 2 aliphatic carbocycles. The van der Waals surface area contributed by atoms with Gasteiger partial charge in [-0.25, -0.2) is 4.72 Å². The van der Waals surface area contributed by atoms with Crippen molar-refractivity contribution < 1.29 is 8.42 Å². The van der Waals surface area contributed by atoms with Crippen molar-refractivity contribution in [3.8, 4) is 0 Å². The first-order chi connectivity index (χ1) is 9.54. The minimum atomic E-state index is -3.30. The second-order valence-corrected chi connectivity index (χ2v) is 8.08. The van der Waals surface area contributed by atoms with Crippen molar-refractivity contribution in [2.45, 2.75) is 39.0 Å². The number of hydrogen-bond donors (Lipinski definition) is 2. The van der Waals surface area contributed by atoms with Gasteiger partial charge in [0.25, 0.3) is 10.2 Å². The van der Waals surface area contributed by atoms with Gasteiger partial charge in [-0.2, -0.15) is 12.7 Å². The zero-order valence-corrected chi connectivity index (χ0v) is 13.6. The fraction of sp³-hybridized carbons (Fsp3) is 1.00. The monoisotopic (exact) mass is 303 g/mol. The topological polar surface area (TPSA) is 61.4 Å². The van der Waals surface area contributed by atoms with Crippen LogP contribution < -0.4 is 10.0 Å². The van der Waals surface area contributed by atoms with E-state index < -0.39 is 10.2 Å². The molecule has 0 amide bonds. The molecule has 0 atom stereocenters. The Balaban J connectivity index is 1.71. The molecule has 0 bridgehead atoms. The smallest absolute Gasteiger partial charge is 0.279 e. The molecule has 0 unspecified atom stereocenters. The summed E-state index contributed by atoms with van der Waals surface area (Å²) in [5.41, 5.74) is 0. The predicted octanol–water partition coefficient (Wildman–Crippen LogP) is 1.19. The zero-order chi connectivity index (χ0) is 14.6. The van der Waals surface area contributed by atoms with E-state index in [1.165, 1.54) is 30.0 Å². The van der Waals surface area contributed by atoms with E-state index in [1.54, 1.807) is 7.05 Å². The number of rotatable bonds is 11. The lowest BCUT2D eigenvalue weighted by Crippen LogP contribution is -2.42. The average molecular weight is 303 g/mol. The number of nitrogens with one attached hydrogen (secondary N) is 2. The van der Waals surface area contributed by atoms with Gasteiger partial charge in [0.05, 0.1) is 0 Å². The highest BCUT2D eigenvalue weighted by molar-refractivity contribution is 7.87. The number of nitrogens with zero attached hydrogens (tertiary/aromatic N) is 1. The Kier molecular flexibility index (Phi) is 5.84. The van der Waals surface area contributed by atoms with Gasteiger partial charge in [-0.15, -0.1) is 0 Å². The SMILES string of the molecule is CCNCCCN(C)S(=O)(=O)NCC(C1CC1)C1CC1. The van der Waals surface area contributed by atoms with Gasteiger partial charge in [0.15, 0.2) is 0 Å². The van der Waals surface area contributed by atoms with Crippen LogP contribution in [0.15, 0.2) is 0 Å². The van der Waals surface area contributed by atoms with Crippen LogP contribution in [0, 0.1) is 17.8 Å². The Morgan fingerprint density at radius 1 is 1.20 bits per heavy atom. The van der Waals surface area contributed by atoms with Gasteiger partial charge in [-0.1, -0.05) is 6.92 Å². The highest BCUT2D eigenvalue weighted by Crippen LogP contribution is 2.48. The molecule has 5 nitrogen and oxygen atoms in total. The average Bonchev–Trinajstić information content (AvgIpc) is 3.26. The third-order valence-corrected chi connectivity index (χ3v) is 5.98. The molecule has 0 aromatic carbocycles. The Hall–Kier alpha value is -0.170. The van der Waals surface area contributed by atoms with E-state index in [0.717, 1.165) is 31.3 Å². The van der Waals surface area contributed by atoms with E-state index in [-0.39, 0.29) is 0 Å². The van der Waals surface area contributed by atoms with Crippen molar-refractivity contribution in [1.82, 2.24) is 14.3 Å². The van der Waals surface area contributed by atoms with Crippen LogP contribution in [-0.4, -0.2) is 45.9 Å². The second kappa shape index (κ2) is 7.20. The molecule has 0 heterocycles. The molecule has 0 saturated heterocycles. The van der Waals surface area contributed by atoms with Gasteiger partial charge >= 0.3 is 0 Å². The summed E-state index contributed by atoms with van der Waals surface area (Å²) in [6.45, 7) is 5.05. The maximum absolute atomic E-state index is 12.2. The normalized spacial score (nSPS) is 20.0. The summed E-state index contributed by atoms with van der Waals surface area (Å²) in [4.78, 5) is 0. The molecule has 0 spiro atoms. The molecule has 2 saturated carbocycles. The minimum absolute atomic E-state index is 0.569. The lowest BCUT2D eigenvalue weighted by Gasteiger charge is -2.21. The lowest BCUT2D eigenvalue weighted by molar-refractivity contribution is 0.388. The van der Waals surface area contributed by atoms with Crippen molar-refractivity contribution in [2.24, 2.45) is 17.8 Å². The van der Waals surface area contributed by atoms with Crippen LogP contribution in [0.2, 0.25) is 0 Å². The molecular weight excluding hydrogens is 274 g/mol. The highest BCUT2D eigenvalue weighted by Gasteiger charge is 2.41. The second-order valence-electron chi connectivity index (χ2n) is 6.22. The van der Waals surface area contributed by atoms with Gasteiger partial charge in [0.1, 0.15) is 0 Å². The molecule has 2 rings (SSSR count). The first-order valence-electron chi connectivity index (χ1n) is 7.96. The van der Waals surface area contributed by atoms with Crippen molar-refractivity contribution in [3.05, 3.63) is 0 Å². The summed E-state index contributed by atoms with van der Waals surface area (Å²) in [7, 11) is -1.63. The fourth-order valence-electron chi connectivity index (χ4n) is 2.80. The van der Waals surface area contributed by atoms with Crippen LogP contribution in [0.5, 0.6) is 0 Å². The molecule has 6 heteroatoms. The maximum atomic E-state index is 12.2. The van der Waals surface area contributed by atoms with Crippen LogP contribution in [0.25, 0.3) is 0 Å². The summed E-state index contributed by atoms with van der Waals surface area (Å²) < 4.78 is 28.6. The Morgan fingerprint density at radius 2 is 1.80 bits per heavy atom. The van der Waals surface area contributed by atoms with E-state index in [1.807, 2.05) is 0 Å². The maximum Gasteiger partial charge on any atom is 0.279 e. The van der Waals surface area contributed by atoms with Crippen LogP contribution in [0.1, 0.15) is 39.0 Å². The van der Waals surface area contributed by atoms with Crippen molar-refractivity contribution in [1.29, 1.82) is 0 Å².